The van der Waals surface area contributed by atoms with Crippen molar-refractivity contribution < 1.29 is 14.3 Å². The zero-order valence-corrected chi connectivity index (χ0v) is 17.3. The van der Waals surface area contributed by atoms with Gasteiger partial charge in [0, 0.05) is 23.5 Å². The first-order valence-corrected chi connectivity index (χ1v) is 10.5. The number of nitrogens with zero attached hydrogens (tertiary/aromatic N) is 3. The molecule has 29 heavy (non-hydrogen) atoms. The molecule has 1 aromatic carbocycles. The second kappa shape index (κ2) is 8.34. The van der Waals surface area contributed by atoms with Crippen LogP contribution in [0.15, 0.2) is 30.5 Å². The van der Waals surface area contributed by atoms with Crippen LogP contribution in [0.1, 0.15) is 39.9 Å². The molecule has 4 rings (SSSR count). The average Bonchev–Trinajstić information content (AvgIpc) is 3.38. The van der Waals surface area contributed by atoms with Crippen LogP contribution < -0.4 is 10.2 Å². The van der Waals surface area contributed by atoms with Gasteiger partial charge in [-0.15, -0.1) is 11.3 Å². The number of hydrogen-bond donors (Lipinski definition) is 1. The van der Waals surface area contributed by atoms with Gasteiger partial charge in [0.25, 0.3) is 5.91 Å². The van der Waals surface area contributed by atoms with E-state index in [4.69, 9.17) is 16.3 Å². The van der Waals surface area contributed by atoms with Crippen LogP contribution in [-0.2, 0) is 4.74 Å². The molecule has 7 nitrogen and oxygen atoms in total. The molecule has 1 saturated heterocycles. The summed E-state index contributed by atoms with van der Waals surface area (Å²) in [6, 6.07) is 7.21. The molecule has 1 aliphatic heterocycles. The molecule has 1 N–H and O–H groups in total. The Bertz CT molecular complexity index is 1080. The van der Waals surface area contributed by atoms with E-state index in [1.807, 2.05) is 17.0 Å². The number of carbonyl (C=O) groups excluding carboxylic acids is 2. The normalized spacial score (nSPS) is 13.7. The number of anilines is 2. The van der Waals surface area contributed by atoms with E-state index in [2.05, 4.69) is 15.3 Å². The van der Waals surface area contributed by atoms with Gasteiger partial charge in [0.05, 0.1) is 17.8 Å². The lowest BCUT2D eigenvalue weighted by Crippen LogP contribution is -2.23. The van der Waals surface area contributed by atoms with Crippen molar-refractivity contribution in [2.45, 2.75) is 19.8 Å². The third kappa shape index (κ3) is 4.18. The van der Waals surface area contributed by atoms with Crippen molar-refractivity contribution in [1.82, 2.24) is 9.97 Å². The van der Waals surface area contributed by atoms with Gasteiger partial charge >= 0.3 is 5.97 Å². The van der Waals surface area contributed by atoms with E-state index >= 15 is 0 Å². The number of nitrogens with one attached hydrogen (secondary N) is 1. The number of amides is 1. The van der Waals surface area contributed by atoms with E-state index in [9.17, 15) is 9.59 Å². The van der Waals surface area contributed by atoms with Gasteiger partial charge in [-0.3, -0.25) is 4.79 Å². The lowest BCUT2D eigenvalue weighted by molar-refractivity contribution is 0.0532. The summed E-state index contributed by atoms with van der Waals surface area (Å²) in [5.41, 5.74) is 0.731. The van der Waals surface area contributed by atoms with Crippen LogP contribution in [0.3, 0.4) is 0 Å². The lowest BCUT2D eigenvalue weighted by Gasteiger charge is -2.16. The first-order chi connectivity index (χ1) is 14.0. The monoisotopic (exact) mass is 430 g/mol. The fourth-order valence-corrected chi connectivity index (χ4v) is 4.31. The van der Waals surface area contributed by atoms with Gasteiger partial charge in [-0.05, 0) is 49.4 Å². The Balaban J connectivity index is 1.55. The number of aromatic nitrogens is 2. The van der Waals surface area contributed by atoms with E-state index in [0.717, 1.165) is 36.0 Å². The van der Waals surface area contributed by atoms with Gasteiger partial charge in [0.2, 0.25) is 5.95 Å². The zero-order chi connectivity index (χ0) is 20.4. The molecular formula is C20H19ClN4O3S. The predicted octanol–water partition coefficient (Wildman–Crippen LogP) is 4.37. The average molecular weight is 431 g/mol. The van der Waals surface area contributed by atoms with E-state index in [1.54, 1.807) is 19.1 Å². The number of rotatable bonds is 5. The molecule has 1 amide bonds. The minimum atomic E-state index is -0.405. The summed E-state index contributed by atoms with van der Waals surface area (Å²) in [4.78, 5) is 35.9. The topological polar surface area (TPSA) is 84.4 Å². The second-order valence-electron chi connectivity index (χ2n) is 6.60. The van der Waals surface area contributed by atoms with Gasteiger partial charge in [-0.25, -0.2) is 14.8 Å². The smallest absolute Gasteiger partial charge is 0.348 e. The molecule has 0 spiro atoms. The maximum atomic E-state index is 12.8. The quantitative estimate of drug-likeness (QED) is 0.605. The maximum Gasteiger partial charge on any atom is 0.348 e. The molecule has 9 heteroatoms. The van der Waals surface area contributed by atoms with Crippen LogP contribution >= 0.6 is 22.9 Å². The summed E-state index contributed by atoms with van der Waals surface area (Å²) in [7, 11) is 0. The Morgan fingerprint density at radius 1 is 1.28 bits per heavy atom. The Hall–Kier alpha value is -2.71. The Kier molecular flexibility index (Phi) is 5.64. The largest absolute Gasteiger partial charge is 0.462 e. The number of benzene rings is 1. The molecule has 0 radical (unpaired) electrons. The van der Waals surface area contributed by atoms with Gasteiger partial charge in [0.1, 0.15) is 4.88 Å². The summed E-state index contributed by atoms with van der Waals surface area (Å²) in [5, 5.41) is 3.88. The summed E-state index contributed by atoms with van der Waals surface area (Å²) >= 11 is 7.53. The maximum absolute atomic E-state index is 12.8. The molecule has 0 bridgehead atoms. The van der Waals surface area contributed by atoms with Crippen molar-refractivity contribution in [2.24, 2.45) is 0 Å². The van der Waals surface area contributed by atoms with Crippen LogP contribution in [0.2, 0.25) is 5.02 Å². The second-order valence-corrected chi connectivity index (χ2v) is 8.09. The lowest BCUT2D eigenvalue weighted by atomic mass is 10.2. The van der Waals surface area contributed by atoms with Gasteiger partial charge in [0.15, 0.2) is 5.69 Å². The van der Waals surface area contributed by atoms with Gasteiger partial charge in [-0.1, -0.05) is 11.6 Å². The van der Waals surface area contributed by atoms with Crippen molar-refractivity contribution in [1.29, 1.82) is 0 Å². The van der Waals surface area contributed by atoms with Crippen molar-refractivity contribution in [3.63, 3.8) is 0 Å². The highest BCUT2D eigenvalue weighted by Crippen LogP contribution is 2.29. The summed E-state index contributed by atoms with van der Waals surface area (Å²) in [6.07, 6.45) is 3.63. The summed E-state index contributed by atoms with van der Waals surface area (Å²) in [6.45, 7) is 3.85. The fraction of sp³-hybridized carbons (Fsp3) is 0.300. The Labute approximate surface area is 176 Å². The van der Waals surface area contributed by atoms with Crippen LogP contribution in [-0.4, -0.2) is 41.5 Å². The van der Waals surface area contributed by atoms with E-state index in [-0.39, 0.29) is 16.7 Å². The van der Waals surface area contributed by atoms with Gasteiger partial charge < -0.3 is 15.0 Å². The number of carbonyl (C=O) groups is 2. The number of esters is 1. The van der Waals surface area contributed by atoms with Crippen LogP contribution in [0.4, 0.5) is 11.6 Å². The van der Waals surface area contributed by atoms with Crippen molar-refractivity contribution in [2.75, 3.05) is 29.9 Å². The van der Waals surface area contributed by atoms with Crippen molar-refractivity contribution >= 4 is 56.5 Å². The SMILES string of the molecule is CCOC(=O)c1cc2cc(NC(=O)c3nc(N4CCCC4)ncc3Cl)ccc2s1. The third-order valence-electron chi connectivity index (χ3n) is 4.59. The molecule has 0 saturated carbocycles. The number of halogens is 1. The highest BCUT2D eigenvalue weighted by atomic mass is 35.5. The van der Waals surface area contributed by atoms with Crippen molar-refractivity contribution in [3.05, 3.63) is 46.1 Å². The predicted molar refractivity (Wildman–Crippen MR) is 114 cm³/mol. The molecular weight excluding hydrogens is 412 g/mol. The molecule has 2 aromatic heterocycles. The number of hydrogen-bond acceptors (Lipinski definition) is 7. The van der Waals surface area contributed by atoms with E-state index in [0.29, 0.717) is 23.1 Å². The molecule has 150 valence electrons. The number of ether oxygens (including phenoxy) is 1. The van der Waals surface area contributed by atoms with Gasteiger partial charge in [-0.2, -0.15) is 0 Å². The molecule has 0 atom stereocenters. The Morgan fingerprint density at radius 2 is 2.07 bits per heavy atom. The minimum absolute atomic E-state index is 0.140. The van der Waals surface area contributed by atoms with Crippen LogP contribution in [0, 0.1) is 0 Å². The van der Waals surface area contributed by atoms with E-state index in [1.165, 1.54) is 17.5 Å². The van der Waals surface area contributed by atoms with Crippen LogP contribution in [0.5, 0.6) is 0 Å². The highest BCUT2D eigenvalue weighted by molar-refractivity contribution is 7.20. The standard InChI is InChI=1S/C20H19ClN4O3S/c1-2-28-19(27)16-10-12-9-13(5-6-15(12)29-16)23-18(26)17-14(21)11-22-20(24-17)25-7-3-4-8-25/h5-6,9-11H,2-4,7-8H2,1H3,(H,23,26). The number of thiophene rings is 1. The molecule has 0 unspecified atom stereocenters. The molecule has 1 aliphatic rings. The molecule has 0 aliphatic carbocycles. The summed E-state index contributed by atoms with van der Waals surface area (Å²) in [5.74, 6) is -0.232. The first kappa shape index (κ1) is 19.6. The van der Waals surface area contributed by atoms with E-state index < -0.39 is 5.91 Å². The number of fused-ring (bicyclic) bond motifs is 1. The third-order valence-corrected chi connectivity index (χ3v) is 5.96. The molecule has 3 aromatic rings. The van der Waals surface area contributed by atoms with Crippen LogP contribution in [0.25, 0.3) is 10.1 Å². The summed E-state index contributed by atoms with van der Waals surface area (Å²) < 4.78 is 5.98. The Morgan fingerprint density at radius 3 is 2.83 bits per heavy atom. The fourth-order valence-electron chi connectivity index (χ4n) is 3.20. The first-order valence-electron chi connectivity index (χ1n) is 9.34. The van der Waals surface area contributed by atoms with Crippen molar-refractivity contribution in [3.8, 4) is 0 Å². The highest BCUT2D eigenvalue weighted by Gasteiger charge is 2.20. The minimum Gasteiger partial charge on any atom is -0.462 e. The molecule has 1 fully saturated rings. The molecule has 3 heterocycles. The zero-order valence-electron chi connectivity index (χ0n) is 15.8.